The summed E-state index contributed by atoms with van der Waals surface area (Å²) in [6.45, 7) is 0. The van der Waals surface area contributed by atoms with Crippen molar-refractivity contribution in [2.24, 2.45) is 11.3 Å². The van der Waals surface area contributed by atoms with Crippen LogP contribution in [0.25, 0.3) is 0 Å². The first-order valence-electron chi connectivity index (χ1n) is 5.84. The molecule has 0 heterocycles. The zero-order valence-corrected chi connectivity index (χ0v) is 9.05. The summed E-state index contributed by atoms with van der Waals surface area (Å²) in [5, 5.41) is 0. The van der Waals surface area contributed by atoms with Gasteiger partial charge in [0.1, 0.15) is 0 Å². The zero-order valence-electron chi connectivity index (χ0n) is 9.05. The molecule has 0 aromatic heterocycles. The Morgan fingerprint density at radius 2 is 1.86 bits per heavy atom. The Morgan fingerprint density at radius 3 is 2.50 bits per heavy atom. The molecule has 1 spiro atoms. The molecule has 0 radical (unpaired) electrons. The van der Waals surface area contributed by atoms with E-state index in [9.17, 15) is 4.79 Å². The van der Waals surface area contributed by atoms with Crippen LogP contribution in [0.4, 0.5) is 0 Å². The largest absolute Gasteiger partial charge is 0.469 e. The maximum absolute atomic E-state index is 11.5. The Hall–Kier alpha value is -0.530. The monoisotopic (exact) mass is 196 g/mol. The van der Waals surface area contributed by atoms with E-state index in [1.807, 2.05) is 0 Å². The highest BCUT2D eigenvalue weighted by molar-refractivity contribution is 5.72. The molecular formula is C12H20O2. The van der Waals surface area contributed by atoms with Crippen LogP contribution in [-0.4, -0.2) is 13.1 Å². The Kier molecular flexibility index (Phi) is 2.80. The van der Waals surface area contributed by atoms with E-state index in [4.69, 9.17) is 4.74 Å². The minimum absolute atomic E-state index is 0.0241. The van der Waals surface area contributed by atoms with E-state index >= 15 is 0 Å². The number of rotatable bonds is 1. The summed E-state index contributed by atoms with van der Waals surface area (Å²) >= 11 is 0. The molecule has 2 fully saturated rings. The van der Waals surface area contributed by atoms with Gasteiger partial charge in [0, 0.05) is 0 Å². The minimum Gasteiger partial charge on any atom is -0.469 e. The number of hydrogen-bond donors (Lipinski definition) is 0. The fourth-order valence-electron chi connectivity index (χ4n) is 3.40. The number of hydrogen-bond acceptors (Lipinski definition) is 2. The summed E-state index contributed by atoms with van der Waals surface area (Å²) in [7, 11) is 1.51. The molecular weight excluding hydrogens is 176 g/mol. The molecule has 0 aliphatic heterocycles. The van der Waals surface area contributed by atoms with Crippen molar-refractivity contribution in [2.45, 2.75) is 51.4 Å². The first kappa shape index (κ1) is 10.0. The fourth-order valence-corrected chi connectivity index (χ4v) is 3.40. The van der Waals surface area contributed by atoms with Gasteiger partial charge in [-0.1, -0.05) is 19.3 Å². The maximum atomic E-state index is 11.5. The van der Waals surface area contributed by atoms with Crippen molar-refractivity contribution < 1.29 is 9.53 Å². The lowest BCUT2D eigenvalue weighted by atomic mass is 9.68. The predicted octanol–water partition coefficient (Wildman–Crippen LogP) is 2.91. The number of carbonyl (C=O) groups is 1. The molecule has 2 aliphatic rings. The van der Waals surface area contributed by atoms with Gasteiger partial charge in [-0.3, -0.25) is 4.79 Å². The molecule has 0 aromatic carbocycles. The van der Waals surface area contributed by atoms with E-state index in [0.717, 1.165) is 12.8 Å². The molecule has 2 nitrogen and oxygen atoms in total. The highest BCUT2D eigenvalue weighted by Gasteiger charge is 2.40. The minimum atomic E-state index is 0.0241. The van der Waals surface area contributed by atoms with Gasteiger partial charge < -0.3 is 4.74 Å². The molecule has 2 rings (SSSR count). The van der Waals surface area contributed by atoms with Gasteiger partial charge in [0.15, 0.2) is 0 Å². The Balaban J connectivity index is 1.99. The van der Waals surface area contributed by atoms with Crippen LogP contribution in [0.15, 0.2) is 0 Å². The standard InChI is InChI=1S/C12H20O2/c1-14-11(13)10-5-4-8-12(9-10)6-2-3-7-12/h10H,2-9H2,1H3/t10-/m0/s1. The van der Waals surface area contributed by atoms with E-state index in [2.05, 4.69) is 0 Å². The van der Waals surface area contributed by atoms with E-state index in [0.29, 0.717) is 5.41 Å². The first-order valence-corrected chi connectivity index (χ1v) is 5.84. The summed E-state index contributed by atoms with van der Waals surface area (Å²) in [6.07, 6.45) is 10.1. The third kappa shape index (κ3) is 1.79. The highest BCUT2D eigenvalue weighted by Crippen LogP contribution is 2.50. The van der Waals surface area contributed by atoms with E-state index in [1.54, 1.807) is 0 Å². The average molecular weight is 196 g/mol. The highest BCUT2D eigenvalue weighted by atomic mass is 16.5. The fraction of sp³-hybridized carbons (Fsp3) is 0.917. The Bertz CT molecular complexity index is 216. The molecule has 2 saturated carbocycles. The Morgan fingerprint density at radius 1 is 1.21 bits per heavy atom. The normalized spacial score (nSPS) is 30.5. The number of carbonyl (C=O) groups excluding carboxylic acids is 1. The molecule has 1 atom stereocenters. The third-order valence-corrected chi connectivity index (χ3v) is 4.14. The van der Waals surface area contributed by atoms with Crippen LogP contribution in [0, 0.1) is 11.3 Å². The third-order valence-electron chi connectivity index (χ3n) is 4.14. The van der Waals surface area contributed by atoms with Gasteiger partial charge >= 0.3 is 5.97 Å². The van der Waals surface area contributed by atoms with Crippen molar-refractivity contribution in [3.8, 4) is 0 Å². The van der Waals surface area contributed by atoms with E-state index < -0.39 is 0 Å². The molecule has 80 valence electrons. The lowest BCUT2D eigenvalue weighted by Crippen LogP contribution is -2.30. The van der Waals surface area contributed by atoms with Crippen LogP contribution in [0.5, 0.6) is 0 Å². The van der Waals surface area contributed by atoms with Crippen LogP contribution < -0.4 is 0 Å². The SMILES string of the molecule is COC(=O)[C@H]1CCCC2(CCCC2)C1. The summed E-state index contributed by atoms with van der Waals surface area (Å²) in [5.74, 6) is 0.225. The topological polar surface area (TPSA) is 26.3 Å². The molecule has 0 saturated heterocycles. The summed E-state index contributed by atoms with van der Waals surface area (Å²) in [5.41, 5.74) is 0.525. The molecule has 0 unspecified atom stereocenters. The second-order valence-corrected chi connectivity index (χ2v) is 5.02. The van der Waals surface area contributed by atoms with Crippen molar-refractivity contribution in [1.82, 2.24) is 0 Å². The van der Waals surface area contributed by atoms with Crippen molar-refractivity contribution in [3.63, 3.8) is 0 Å². The van der Waals surface area contributed by atoms with E-state index in [-0.39, 0.29) is 11.9 Å². The average Bonchev–Trinajstić information content (AvgIpc) is 2.65. The lowest BCUT2D eigenvalue weighted by molar-refractivity contribution is -0.148. The molecule has 0 bridgehead atoms. The van der Waals surface area contributed by atoms with Crippen molar-refractivity contribution >= 4 is 5.97 Å². The van der Waals surface area contributed by atoms with Crippen LogP contribution in [0.3, 0.4) is 0 Å². The summed E-state index contributed by atoms with van der Waals surface area (Å²) in [6, 6.07) is 0. The van der Waals surface area contributed by atoms with Gasteiger partial charge in [-0.25, -0.2) is 0 Å². The van der Waals surface area contributed by atoms with Crippen LogP contribution in [0.2, 0.25) is 0 Å². The smallest absolute Gasteiger partial charge is 0.308 e. The first-order chi connectivity index (χ1) is 6.76. The molecule has 0 amide bonds. The molecule has 14 heavy (non-hydrogen) atoms. The quantitative estimate of drug-likeness (QED) is 0.603. The van der Waals surface area contributed by atoms with Gasteiger partial charge in [0.05, 0.1) is 13.0 Å². The zero-order chi connectivity index (χ0) is 10.0. The predicted molar refractivity (Wildman–Crippen MR) is 54.9 cm³/mol. The van der Waals surface area contributed by atoms with Gasteiger partial charge in [-0.05, 0) is 37.5 Å². The van der Waals surface area contributed by atoms with Crippen molar-refractivity contribution in [2.75, 3.05) is 7.11 Å². The maximum Gasteiger partial charge on any atom is 0.308 e. The second-order valence-electron chi connectivity index (χ2n) is 5.02. The summed E-state index contributed by atoms with van der Waals surface area (Å²) in [4.78, 5) is 11.5. The van der Waals surface area contributed by atoms with Gasteiger partial charge in [0.25, 0.3) is 0 Å². The number of methoxy groups -OCH3 is 1. The van der Waals surface area contributed by atoms with Crippen molar-refractivity contribution in [3.05, 3.63) is 0 Å². The Labute approximate surface area is 86.0 Å². The van der Waals surface area contributed by atoms with E-state index in [1.165, 1.54) is 45.6 Å². The molecule has 0 aromatic rings. The van der Waals surface area contributed by atoms with Gasteiger partial charge in [-0.15, -0.1) is 0 Å². The number of esters is 1. The van der Waals surface area contributed by atoms with Crippen LogP contribution in [-0.2, 0) is 9.53 Å². The molecule has 2 heteroatoms. The number of ether oxygens (including phenoxy) is 1. The summed E-state index contributed by atoms with van der Waals surface area (Å²) < 4.78 is 4.85. The van der Waals surface area contributed by atoms with Gasteiger partial charge in [0.2, 0.25) is 0 Å². The van der Waals surface area contributed by atoms with Crippen molar-refractivity contribution in [1.29, 1.82) is 0 Å². The molecule has 0 N–H and O–H groups in total. The van der Waals surface area contributed by atoms with Gasteiger partial charge in [-0.2, -0.15) is 0 Å². The second kappa shape index (κ2) is 3.92. The van der Waals surface area contributed by atoms with Crippen LogP contribution >= 0.6 is 0 Å². The van der Waals surface area contributed by atoms with Crippen LogP contribution in [0.1, 0.15) is 51.4 Å². The molecule has 2 aliphatic carbocycles. The lowest BCUT2D eigenvalue weighted by Gasteiger charge is -2.36.